The van der Waals surface area contributed by atoms with Gasteiger partial charge in [-0.2, -0.15) is 0 Å². The summed E-state index contributed by atoms with van der Waals surface area (Å²) in [5.41, 5.74) is 2.50. The van der Waals surface area contributed by atoms with E-state index in [1.54, 1.807) is 0 Å². The van der Waals surface area contributed by atoms with Crippen LogP contribution in [0.5, 0.6) is 0 Å². The number of ether oxygens (including phenoxy) is 1. The standard InChI is InChI=1S/C23H28N2O5/c1-13(2)24-22(28)17-12-29-23(25-17)21-16(18-8-9-19(21)30-18)11-15-6-4-3-5-14(15)7-10-20(26)27/h3-6,12-13,16,18-19,21H,7-11H2,1-2H3,(H,24,28)(H,26,27)/t16-,18+,19-,21+/m1/s1. The van der Waals surface area contributed by atoms with Gasteiger partial charge in [-0.1, -0.05) is 24.3 Å². The Labute approximate surface area is 175 Å². The number of aryl methyl sites for hydroxylation is 1. The molecule has 1 aromatic carbocycles. The van der Waals surface area contributed by atoms with Gasteiger partial charge in [0.1, 0.15) is 6.26 Å². The van der Waals surface area contributed by atoms with Gasteiger partial charge in [0, 0.05) is 18.4 Å². The van der Waals surface area contributed by atoms with E-state index >= 15 is 0 Å². The van der Waals surface area contributed by atoms with Gasteiger partial charge in [0.2, 0.25) is 5.89 Å². The first kappa shape index (κ1) is 20.6. The predicted molar refractivity (Wildman–Crippen MR) is 109 cm³/mol. The monoisotopic (exact) mass is 412 g/mol. The maximum Gasteiger partial charge on any atom is 0.303 e. The number of benzene rings is 1. The molecule has 2 aliphatic rings. The third kappa shape index (κ3) is 4.26. The van der Waals surface area contributed by atoms with Crippen LogP contribution >= 0.6 is 0 Å². The minimum absolute atomic E-state index is 0.00289. The first-order valence-corrected chi connectivity index (χ1v) is 10.6. The Balaban J connectivity index is 1.55. The smallest absolute Gasteiger partial charge is 0.303 e. The molecule has 0 saturated carbocycles. The maximum atomic E-state index is 12.3. The van der Waals surface area contributed by atoms with Gasteiger partial charge in [0.25, 0.3) is 5.91 Å². The van der Waals surface area contributed by atoms with Crippen molar-refractivity contribution < 1.29 is 23.8 Å². The van der Waals surface area contributed by atoms with Crippen LogP contribution < -0.4 is 5.32 Å². The summed E-state index contributed by atoms with van der Waals surface area (Å²) in [7, 11) is 0. The Morgan fingerprint density at radius 3 is 2.67 bits per heavy atom. The Bertz CT molecular complexity index is 922. The number of amides is 1. The zero-order chi connectivity index (χ0) is 21.3. The summed E-state index contributed by atoms with van der Waals surface area (Å²) in [6.07, 6.45) is 4.97. The van der Waals surface area contributed by atoms with Crippen LogP contribution in [-0.4, -0.2) is 40.2 Å². The zero-order valence-corrected chi connectivity index (χ0v) is 17.3. The van der Waals surface area contributed by atoms with E-state index < -0.39 is 5.97 Å². The van der Waals surface area contributed by atoms with E-state index in [9.17, 15) is 9.59 Å². The van der Waals surface area contributed by atoms with Gasteiger partial charge >= 0.3 is 5.97 Å². The molecule has 2 aromatic rings. The molecular formula is C23H28N2O5. The molecule has 3 heterocycles. The summed E-state index contributed by atoms with van der Waals surface area (Å²) in [6, 6.07) is 8.03. The molecule has 4 rings (SSSR count). The van der Waals surface area contributed by atoms with Gasteiger partial charge in [-0.25, -0.2) is 4.98 Å². The number of nitrogens with zero attached hydrogens (tertiary/aromatic N) is 1. The second-order valence-electron chi connectivity index (χ2n) is 8.55. The van der Waals surface area contributed by atoms with Crippen molar-refractivity contribution in [1.29, 1.82) is 0 Å². The lowest BCUT2D eigenvalue weighted by atomic mass is 9.75. The van der Waals surface area contributed by atoms with E-state index in [0.717, 1.165) is 30.4 Å². The van der Waals surface area contributed by atoms with Crippen LogP contribution in [0.15, 0.2) is 34.9 Å². The van der Waals surface area contributed by atoms with Gasteiger partial charge in [-0.3, -0.25) is 9.59 Å². The minimum Gasteiger partial charge on any atom is -0.481 e. The molecule has 1 aromatic heterocycles. The van der Waals surface area contributed by atoms with Crippen molar-refractivity contribution in [2.45, 2.75) is 70.1 Å². The second-order valence-corrected chi connectivity index (χ2v) is 8.55. The first-order valence-electron chi connectivity index (χ1n) is 10.6. The van der Waals surface area contributed by atoms with E-state index in [4.69, 9.17) is 14.3 Å². The molecule has 2 aliphatic heterocycles. The number of carboxylic acid groups (broad SMARTS) is 1. The second kappa shape index (κ2) is 8.60. The van der Waals surface area contributed by atoms with E-state index in [-0.39, 0.29) is 42.4 Å². The third-order valence-electron chi connectivity index (χ3n) is 6.07. The highest BCUT2D eigenvalue weighted by atomic mass is 16.5. The van der Waals surface area contributed by atoms with Crippen LogP contribution in [0.2, 0.25) is 0 Å². The molecule has 30 heavy (non-hydrogen) atoms. The van der Waals surface area contributed by atoms with Gasteiger partial charge in [-0.15, -0.1) is 0 Å². The lowest BCUT2D eigenvalue weighted by molar-refractivity contribution is -0.136. The molecule has 2 fully saturated rings. The number of nitrogens with one attached hydrogen (secondary N) is 1. The van der Waals surface area contributed by atoms with Gasteiger partial charge in [0.05, 0.1) is 18.1 Å². The largest absolute Gasteiger partial charge is 0.481 e. The number of oxazole rings is 1. The topological polar surface area (TPSA) is 102 Å². The highest BCUT2D eigenvalue weighted by molar-refractivity contribution is 5.92. The lowest BCUT2D eigenvalue weighted by Crippen LogP contribution is -2.31. The number of hydrogen-bond acceptors (Lipinski definition) is 5. The summed E-state index contributed by atoms with van der Waals surface area (Å²) in [5.74, 6) is -0.284. The maximum absolute atomic E-state index is 12.3. The Kier molecular flexibility index (Phi) is 5.90. The number of fused-ring (bicyclic) bond motifs is 2. The summed E-state index contributed by atoms with van der Waals surface area (Å²) in [5, 5.41) is 11.9. The fourth-order valence-corrected chi connectivity index (χ4v) is 4.75. The van der Waals surface area contributed by atoms with Gasteiger partial charge in [0.15, 0.2) is 5.69 Å². The van der Waals surface area contributed by atoms with Crippen molar-refractivity contribution >= 4 is 11.9 Å². The molecule has 2 saturated heterocycles. The highest BCUT2D eigenvalue weighted by Gasteiger charge is 2.51. The van der Waals surface area contributed by atoms with E-state index in [0.29, 0.717) is 18.0 Å². The number of hydrogen-bond donors (Lipinski definition) is 2. The van der Waals surface area contributed by atoms with E-state index in [1.165, 1.54) is 6.26 Å². The molecule has 1 amide bonds. The van der Waals surface area contributed by atoms with Crippen molar-refractivity contribution in [3.63, 3.8) is 0 Å². The number of carbonyl (C=O) groups excluding carboxylic acids is 1. The van der Waals surface area contributed by atoms with Crippen LogP contribution in [0.4, 0.5) is 0 Å². The summed E-state index contributed by atoms with van der Waals surface area (Å²) >= 11 is 0. The number of carboxylic acids is 1. The molecule has 2 bridgehead atoms. The Morgan fingerprint density at radius 2 is 1.93 bits per heavy atom. The molecule has 7 nitrogen and oxygen atoms in total. The van der Waals surface area contributed by atoms with Crippen molar-refractivity contribution in [3.05, 3.63) is 53.2 Å². The molecule has 0 spiro atoms. The number of aromatic nitrogens is 1. The van der Waals surface area contributed by atoms with Crippen LogP contribution in [0.3, 0.4) is 0 Å². The summed E-state index contributed by atoms with van der Waals surface area (Å²) < 4.78 is 12.0. The molecule has 0 unspecified atom stereocenters. The zero-order valence-electron chi connectivity index (χ0n) is 17.3. The van der Waals surface area contributed by atoms with Crippen LogP contribution in [-0.2, 0) is 22.4 Å². The molecule has 7 heteroatoms. The van der Waals surface area contributed by atoms with Crippen LogP contribution in [0.1, 0.15) is 66.5 Å². The number of carbonyl (C=O) groups is 2. The predicted octanol–water partition coefficient (Wildman–Crippen LogP) is 3.33. The summed E-state index contributed by atoms with van der Waals surface area (Å²) in [4.78, 5) is 27.8. The molecule has 160 valence electrons. The molecule has 0 radical (unpaired) electrons. The Morgan fingerprint density at radius 1 is 1.20 bits per heavy atom. The van der Waals surface area contributed by atoms with Crippen molar-refractivity contribution in [1.82, 2.24) is 10.3 Å². The average Bonchev–Trinajstić information content (AvgIpc) is 3.43. The first-order chi connectivity index (χ1) is 14.4. The fraction of sp³-hybridized carbons (Fsp3) is 0.522. The Hall–Kier alpha value is -2.67. The molecular weight excluding hydrogens is 384 g/mol. The quantitative estimate of drug-likeness (QED) is 0.690. The van der Waals surface area contributed by atoms with E-state index in [2.05, 4.69) is 16.4 Å². The van der Waals surface area contributed by atoms with Crippen molar-refractivity contribution in [3.8, 4) is 0 Å². The fourth-order valence-electron chi connectivity index (χ4n) is 4.75. The van der Waals surface area contributed by atoms with Crippen molar-refractivity contribution in [2.75, 3.05) is 0 Å². The number of aliphatic carboxylic acids is 1. The van der Waals surface area contributed by atoms with Gasteiger partial charge < -0.3 is 19.6 Å². The molecule has 0 aliphatic carbocycles. The minimum atomic E-state index is -0.794. The molecule has 4 atom stereocenters. The average molecular weight is 412 g/mol. The van der Waals surface area contributed by atoms with Gasteiger partial charge in [-0.05, 0) is 50.7 Å². The highest BCUT2D eigenvalue weighted by Crippen LogP contribution is 2.49. The molecule has 2 N–H and O–H groups in total. The van der Waals surface area contributed by atoms with Crippen LogP contribution in [0.25, 0.3) is 0 Å². The van der Waals surface area contributed by atoms with E-state index in [1.807, 2.05) is 32.0 Å². The third-order valence-corrected chi connectivity index (χ3v) is 6.07. The summed E-state index contributed by atoms with van der Waals surface area (Å²) in [6.45, 7) is 3.81. The lowest BCUT2D eigenvalue weighted by Gasteiger charge is -2.26. The van der Waals surface area contributed by atoms with Crippen LogP contribution in [0, 0.1) is 5.92 Å². The van der Waals surface area contributed by atoms with Crippen molar-refractivity contribution in [2.24, 2.45) is 5.92 Å². The SMILES string of the molecule is CC(C)NC(=O)c1coc([C@H]2[C@H](Cc3ccccc3CCC(=O)O)[C@@H]3CC[C@H]2O3)n1. The number of rotatable bonds is 8. The normalized spacial score (nSPS) is 25.0.